The van der Waals surface area contributed by atoms with Gasteiger partial charge in [0.1, 0.15) is 18.1 Å². The zero-order valence-corrected chi connectivity index (χ0v) is 21.2. The van der Waals surface area contributed by atoms with Crippen LogP contribution in [0.25, 0.3) is 0 Å². The van der Waals surface area contributed by atoms with Crippen LogP contribution in [0.4, 0.5) is 0 Å². The smallest absolute Gasteiger partial charge is 0.326 e. The third-order valence-electron chi connectivity index (χ3n) is 6.08. The number of carboxylic acids is 1. The molecule has 0 saturated heterocycles. The number of imidazole rings is 1. The van der Waals surface area contributed by atoms with Crippen molar-refractivity contribution in [2.24, 2.45) is 11.7 Å². The fourth-order valence-corrected chi connectivity index (χ4v) is 3.65. The zero-order chi connectivity index (χ0) is 27.5. The molecule has 0 spiro atoms. The average molecular weight is 517 g/mol. The molecule has 0 aliphatic rings. The largest absolute Gasteiger partial charge is 0.480 e. The molecule has 0 aliphatic heterocycles. The number of H-pyrrole nitrogens is 1. The Morgan fingerprint density at radius 1 is 0.973 bits per heavy atom. The molecule has 202 valence electrons. The van der Waals surface area contributed by atoms with Gasteiger partial charge in [0.25, 0.3) is 0 Å². The number of aliphatic hydroxyl groups is 1. The lowest BCUT2D eigenvalue weighted by atomic mass is 9.96. The number of carbonyl (C=O) groups excluding carboxylic acids is 3. The molecular weight excluding hydrogens is 480 g/mol. The quantitative estimate of drug-likeness (QED) is 0.174. The molecule has 37 heavy (non-hydrogen) atoms. The van der Waals surface area contributed by atoms with Gasteiger partial charge in [-0.05, 0) is 18.4 Å². The van der Waals surface area contributed by atoms with E-state index >= 15 is 0 Å². The maximum atomic E-state index is 13.2. The van der Waals surface area contributed by atoms with Crippen LogP contribution in [-0.4, -0.2) is 74.1 Å². The van der Waals surface area contributed by atoms with Crippen LogP contribution >= 0.6 is 0 Å². The van der Waals surface area contributed by atoms with Crippen LogP contribution in [0.15, 0.2) is 42.9 Å². The number of aromatic nitrogens is 2. The van der Waals surface area contributed by atoms with Crippen molar-refractivity contribution in [2.75, 3.05) is 0 Å². The van der Waals surface area contributed by atoms with E-state index < -0.39 is 54.0 Å². The number of carboxylic acid groups (broad SMARTS) is 1. The van der Waals surface area contributed by atoms with Crippen LogP contribution in [-0.2, 0) is 32.0 Å². The molecule has 6 atom stereocenters. The summed E-state index contributed by atoms with van der Waals surface area (Å²) >= 11 is 0. The van der Waals surface area contributed by atoms with Gasteiger partial charge in [-0.2, -0.15) is 0 Å². The Labute approximate surface area is 215 Å². The molecule has 8 N–H and O–H groups in total. The average Bonchev–Trinajstić information content (AvgIpc) is 3.37. The van der Waals surface area contributed by atoms with Crippen molar-refractivity contribution < 1.29 is 29.4 Å². The number of nitrogens with one attached hydrogen (secondary N) is 4. The summed E-state index contributed by atoms with van der Waals surface area (Å²) in [5.74, 6) is -3.72. The first-order valence-corrected chi connectivity index (χ1v) is 12.1. The number of amides is 3. The molecule has 1 aromatic carbocycles. The summed E-state index contributed by atoms with van der Waals surface area (Å²) in [5, 5.41) is 27.3. The number of hydrogen-bond donors (Lipinski definition) is 7. The molecule has 0 saturated carbocycles. The van der Waals surface area contributed by atoms with E-state index in [4.69, 9.17) is 5.73 Å². The maximum absolute atomic E-state index is 13.2. The van der Waals surface area contributed by atoms with Crippen molar-refractivity contribution in [3.05, 3.63) is 54.1 Å². The van der Waals surface area contributed by atoms with E-state index in [1.807, 2.05) is 6.92 Å². The molecule has 6 unspecified atom stereocenters. The summed E-state index contributed by atoms with van der Waals surface area (Å²) in [6.45, 7) is 4.89. The third-order valence-corrected chi connectivity index (χ3v) is 6.08. The Bertz CT molecular complexity index is 1030. The molecule has 12 heteroatoms. The first-order chi connectivity index (χ1) is 17.5. The Balaban J connectivity index is 2.10. The number of nitrogens with two attached hydrogens (primary N) is 1. The normalized spacial score (nSPS) is 15.9. The summed E-state index contributed by atoms with van der Waals surface area (Å²) < 4.78 is 0. The van der Waals surface area contributed by atoms with Gasteiger partial charge in [-0.1, -0.05) is 50.6 Å². The van der Waals surface area contributed by atoms with Crippen LogP contribution in [0.1, 0.15) is 38.4 Å². The second kappa shape index (κ2) is 14.1. The molecule has 1 aromatic heterocycles. The van der Waals surface area contributed by atoms with E-state index in [0.29, 0.717) is 17.7 Å². The van der Waals surface area contributed by atoms with Crippen molar-refractivity contribution in [3.63, 3.8) is 0 Å². The van der Waals surface area contributed by atoms with Crippen LogP contribution in [0, 0.1) is 5.92 Å². The highest BCUT2D eigenvalue weighted by atomic mass is 16.4. The van der Waals surface area contributed by atoms with Gasteiger partial charge in [0.2, 0.25) is 17.7 Å². The summed E-state index contributed by atoms with van der Waals surface area (Å²) in [6.07, 6.45) is 2.38. The van der Waals surface area contributed by atoms with Crippen LogP contribution in [0.2, 0.25) is 0 Å². The molecule has 12 nitrogen and oxygen atoms in total. The number of benzene rings is 1. The Hall–Kier alpha value is -3.77. The van der Waals surface area contributed by atoms with Crippen molar-refractivity contribution in [3.8, 4) is 0 Å². The lowest BCUT2D eigenvalue weighted by molar-refractivity contribution is -0.143. The zero-order valence-electron chi connectivity index (χ0n) is 21.2. The molecular formula is C25H36N6O6. The van der Waals surface area contributed by atoms with E-state index in [2.05, 4.69) is 25.9 Å². The number of rotatable bonds is 14. The van der Waals surface area contributed by atoms with Gasteiger partial charge < -0.3 is 36.9 Å². The fourth-order valence-electron chi connectivity index (χ4n) is 3.65. The highest BCUT2D eigenvalue weighted by molar-refractivity contribution is 5.94. The van der Waals surface area contributed by atoms with Gasteiger partial charge in [0.05, 0.1) is 18.5 Å². The number of aliphatic hydroxyl groups excluding tert-OH is 1. The standard InChI is InChI=1S/C25H36N6O6/c1-4-14(2)20(30-22(33)18(26)11-17-12-27-13-28-17)23(34)31-21(15(3)32)24(35)29-19(25(36)37)10-16-8-6-5-7-9-16/h5-9,12-15,18-21,32H,4,10-11,26H2,1-3H3,(H,27,28)(H,29,35)(H,30,33)(H,31,34)(H,36,37). The van der Waals surface area contributed by atoms with Gasteiger partial charge in [-0.25, -0.2) is 9.78 Å². The summed E-state index contributed by atoms with van der Waals surface area (Å²) in [5.41, 5.74) is 7.34. The number of aliphatic carboxylic acids is 1. The third kappa shape index (κ3) is 8.99. The maximum Gasteiger partial charge on any atom is 0.326 e. The van der Waals surface area contributed by atoms with Gasteiger partial charge >= 0.3 is 5.97 Å². The van der Waals surface area contributed by atoms with Crippen LogP contribution in [0.5, 0.6) is 0 Å². The number of aromatic amines is 1. The first kappa shape index (κ1) is 29.5. The van der Waals surface area contributed by atoms with Crippen molar-refractivity contribution in [1.82, 2.24) is 25.9 Å². The highest BCUT2D eigenvalue weighted by Crippen LogP contribution is 2.11. The van der Waals surface area contributed by atoms with Crippen LogP contribution < -0.4 is 21.7 Å². The van der Waals surface area contributed by atoms with Crippen LogP contribution in [0.3, 0.4) is 0 Å². The van der Waals surface area contributed by atoms with Gasteiger partial charge in [0, 0.05) is 24.7 Å². The minimum absolute atomic E-state index is 0.0160. The number of carbonyl (C=O) groups is 4. The second-order valence-electron chi connectivity index (χ2n) is 9.08. The van der Waals surface area contributed by atoms with E-state index in [9.17, 15) is 29.4 Å². The molecule has 0 fully saturated rings. The summed E-state index contributed by atoms with van der Waals surface area (Å²) in [6, 6.07) is 4.01. The van der Waals surface area contributed by atoms with Gasteiger partial charge in [-0.3, -0.25) is 14.4 Å². The first-order valence-electron chi connectivity index (χ1n) is 12.1. The minimum Gasteiger partial charge on any atom is -0.480 e. The molecule has 0 aliphatic carbocycles. The van der Waals surface area contributed by atoms with E-state index in [-0.39, 0.29) is 18.8 Å². The summed E-state index contributed by atoms with van der Waals surface area (Å²) in [4.78, 5) is 57.3. The predicted octanol–water partition coefficient (Wildman–Crippen LogP) is -0.512. The molecule has 2 rings (SSSR count). The Morgan fingerprint density at radius 2 is 1.59 bits per heavy atom. The molecule has 2 aromatic rings. The molecule has 1 heterocycles. The topological polar surface area (TPSA) is 200 Å². The summed E-state index contributed by atoms with van der Waals surface area (Å²) in [7, 11) is 0. The predicted molar refractivity (Wildman–Crippen MR) is 135 cm³/mol. The highest BCUT2D eigenvalue weighted by Gasteiger charge is 2.34. The Kier molecular flexibility index (Phi) is 11.2. The van der Waals surface area contributed by atoms with E-state index in [1.54, 1.807) is 43.5 Å². The van der Waals surface area contributed by atoms with Crippen molar-refractivity contribution >= 4 is 23.7 Å². The number of hydrogen-bond acceptors (Lipinski definition) is 7. The SMILES string of the molecule is CCC(C)C(NC(=O)C(N)Cc1cnc[nH]1)C(=O)NC(C(=O)NC(Cc1ccccc1)C(=O)O)C(C)O. The van der Waals surface area contributed by atoms with Gasteiger partial charge in [0.15, 0.2) is 0 Å². The fraction of sp³-hybridized carbons (Fsp3) is 0.480. The minimum atomic E-state index is -1.45. The molecule has 3 amide bonds. The van der Waals surface area contributed by atoms with Crippen molar-refractivity contribution in [1.29, 1.82) is 0 Å². The lowest BCUT2D eigenvalue weighted by Gasteiger charge is -2.29. The Morgan fingerprint density at radius 3 is 2.14 bits per heavy atom. The van der Waals surface area contributed by atoms with Crippen molar-refractivity contribution in [2.45, 2.75) is 70.3 Å². The lowest BCUT2D eigenvalue weighted by Crippen LogP contribution is -2.61. The second-order valence-corrected chi connectivity index (χ2v) is 9.08. The molecule has 0 bridgehead atoms. The van der Waals surface area contributed by atoms with Gasteiger partial charge in [-0.15, -0.1) is 0 Å². The van der Waals surface area contributed by atoms with E-state index in [1.165, 1.54) is 13.3 Å². The molecule has 0 radical (unpaired) electrons. The number of nitrogens with zero attached hydrogens (tertiary/aromatic N) is 1. The monoisotopic (exact) mass is 516 g/mol. The van der Waals surface area contributed by atoms with E-state index in [0.717, 1.165) is 0 Å².